The second-order valence-electron chi connectivity index (χ2n) is 35.5. The molecule has 6 heterocycles. The van der Waals surface area contributed by atoms with E-state index in [2.05, 4.69) is 321 Å². The predicted molar refractivity (Wildman–Crippen MR) is 522 cm³/mol. The van der Waals surface area contributed by atoms with Crippen LogP contribution in [0.3, 0.4) is 0 Å². The minimum Gasteiger partial charge on any atom is -0.456 e. The minimum absolute atomic E-state index is 0.140. The van der Waals surface area contributed by atoms with Crippen LogP contribution in [0.4, 0.5) is 4.39 Å². The van der Waals surface area contributed by atoms with Crippen molar-refractivity contribution in [3.05, 3.63) is 415 Å². The van der Waals surface area contributed by atoms with Gasteiger partial charge in [0.15, 0.2) is 29.1 Å². The number of fused-ring (bicyclic) bond motifs is 23. The summed E-state index contributed by atoms with van der Waals surface area (Å²) in [7, 11) is 0. The number of rotatable bonds is 9. The Morgan fingerprint density at radius 2 is 0.550 bits per heavy atom. The summed E-state index contributed by atoms with van der Waals surface area (Å²) in [5.74, 6) is 2.78. The van der Waals surface area contributed by atoms with Crippen LogP contribution in [-0.2, 0) is 16.2 Å². The summed E-state index contributed by atoms with van der Waals surface area (Å²) in [6.07, 6.45) is 0. The van der Waals surface area contributed by atoms with E-state index in [1.807, 2.05) is 72.8 Å². The quantitative estimate of drug-likeness (QED) is 0.138. The fourth-order valence-electron chi connectivity index (χ4n) is 20.3. The smallest absolute Gasteiger partial charge is 0.164 e. The second-order valence-corrected chi connectivity index (χ2v) is 35.5. The summed E-state index contributed by atoms with van der Waals surface area (Å²) < 4.78 is 32.7. The van der Waals surface area contributed by atoms with Crippen molar-refractivity contribution in [1.29, 1.82) is 0 Å². The summed E-state index contributed by atoms with van der Waals surface area (Å²) in [4.78, 5) is 35.4. The molecule has 3 aliphatic carbocycles. The minimum atomic E-state index is -0.303. The molecule has 0 N–H and O–H groups in total. The van der Waals surface area contributed by atoms with Gasteiger partial charge in [0.25, 0.3) is 0 Å². The van der Waals surface area contributed by atoms with E-state index in [0.29, 0.717) is 23.3 Å². The summed E-state index contributed by atoms with van der Waals surface area (Å²) in [5, 5.41) is 11.5. The maximum atomic E-state index is 13.9. The van der Waals surface area contributed by atoms with Crippen LogP contribution in [0.25, 0.3) is 223 Å². The maximum absolute atomic E-state index is 13.9. The highest BCUT2D eigenvalue weighted by Crippen LogP contribution is 2.58. The van der Waals surface area contributed by atoms with E-state index in [-0.39, 0.29) is 22.1 Å². The number of para-hydroxylation sites is 3. The molecule has 3 aliphatic rings. The van der Waals surface area contributed by atoms with E-state index in [1.165, 1.54) is 100 Å². The molecule has 0 atom stereocenters. The van der Waals surface area contributed by atoms with Crippen molar-refractivity contribution < 1.29 is 17.6 Å². The third-order valence-electron chi connectivity index (χ3n) is 26.8. The third-order valence-corrected chi connectivity index (χ3v) is 26.8. The van der Waals surface area contributed by atoms with Gasteiger partial charge in [0.05, 0.1) is 22.8 Å². The van der Waals surface area contributed by atoms with Gasteiger partial charge in [-0.1, -0.05) is 321 Å². The molecule has 0 aliphatic heterocycles. The molecular formula is C118H80FN7O3. The van der Waals surface area contributed by atoms with Gasteiger partial charge in [0.1, 0.15) is 39.3 Å². The number of hydrogen-bond donors (Lipinski definition) is 0. The van der Waals surface area contributed by atoms with Crippen molar-refractivity contribution in [3.8, 4) is 135 Å². The Bertz CT molecular complexity index is 8480. The molecule has 0 radical (unpaired) electrons. The van der Waals surface area contributed by atoms with Crippen molar-refractivity contribution in [2.24, 2.45) is 0 Å². The van der Waals surface area contributed by atoms with E-state index >= 15 is 0 Å². The van der Waals surface area contributed by atoms with Gasteiger partial charge in [-0.3, -0.25) is 0 Å². The van der Waals surface area contributed by atoms with E-state index in [9.17, 15) is 4.39 Å². The third kappa shape index (κ3) is 12.7. The van der Waals surface area contributed by atoms with Crippen molar-refractivity contribution in [1.82, 2.24) is 34.9 Å². The highest BCUT2D eigenvalue weighted by molar-refractivity contribution is 6.18. The monoisotopic (exact) mass is 1660 g/mol. The average molecular weight is 1660 g/mol. The lowest BCUT2D eigenvalue weighted by Crippen LogP contribution is -2.15. The van der Waals surface area contributed by atoms with Crippen molar-refractivity contribution in [3.63, 3.8) is 0 Å². The molecule has 10 nitrogen and oxygen atoms in total. The lowest BCUT2D eigenvalue weighted by Gasteiger charge is -2.22. The summed E-state index contributed by atoms with van der Waals surface area (Å²) >= 11 is 0. The van der Waals surface area contributed by atoms with Crippen LogP contribution in [0.2, 0.25) is 0 Å². The lowest BCUT2D eigenvalue weighted by atomic mass is 9.81. The highest BCUT2D eigenvalue weighted by atomic mass is 19.1. The molecule has 0 unspecified atom stereocenters. The van der Waals surface area contributed by atoms with Gasteiger partial charge in [-0.05, 0) is 185 Å². The SMILES string of the molecule is CC1(C)c2cc(-c3nc(-c4ccc(F)cc4)nc(-c4cccc5ccccc45)n3)ccc2-c2c1ccc1oc3ccccc3c21.CC1(C)c2cc(-c3nc(-c4ccccc4)cc(-c4ccccc4)n3)ccc2-c2c1ccc1oc3ccccc3c21.CC1(C)c2ccc(-c3nc(-c4ccccc4)cc(-c4ccc5ccccc5c4)n3)cc2-c2c1ccc1oc3ccccc3c21. The molecule has 129 heavy (non-hydrogen) atoms. The van der Waals surface area contributed by atoms with E-state index in [1.54, 1.807) is 12.1 Å². The van der Waals surface area contributed by atoms with Crippen molar-refractivity contribution in [2.75, 3.05) is 0 Å². The first-order valence-electron chi connectivity index (χ1n) is 43.8. The Morgan fingerprint density at radius 3 is 1.04 bits per heavy atom. The predicted octanol–water partition coefficient (Wildman–Crippen LogP) is 30.9. The number of benzene rings is 17. The fourth-order valence-corrected chi connectivity index (χ4v) is 20.3. The number of nitrogens with zero attached hydrogens (tertiary/aromatic N) is 7. The molecule has 17 aromatic carbocycles. The maximum Gasteiger partial charge on any atom is 0.164 e. The zero-order chi connectivity index (χ0) is 86.5. The molecule has 23 aromatic rings. The van der Waals surface area contributed by atoms with Crippen LogP contribution in [-0.4, -0.2) is 34.9 Å². The Balaban J connectivity index is 0.000000108. The van der Waals surface area contributed by atoms with Gasteiger partial charge in [-0.15, -0.1) is 0 Å². The molecule has 0 bridgehead atoms. The molecule has 0 spiro atoms. The molecule has 0 fully saturated rings. The van der Waals surface area contributed by atoms with Crippen LogP contribution in [0.1, 0.15) is 74.9 Å². The lowest BCUT2D eigenvalue weighted by molar-refractivity contribution is 0.628. The molecule has 0 saturated heterocycles. The molecule has 26 rings (SSSR count). The van der Waals surface area contributed by atoms with Crippen LogP contribution >= 0.6 is 0 Å². The molecule has 0 amide bonds. The van der Waals surface area contributed by atoms with Gasteiger partial charge in [0.2, 0.25) is 0 Å². The number of furan rings is 3. The van der Waals surface area contributed by atoms with Crippen LogP contribution < -0.4 is 0 Å². The van der Waals surface area contributed by atoms with Gasteiger partial charge in [-0.2, -0.15) is 0 Å². The number of hydrogen-bond acceptors (Lipinski definition) is 10. The summed E-state index contributed by atoms with van der Waals surface area (Å²) in [6, 6.07) is 129. The summed E-state index contributed by atoms with van der Waals surface area (Å²) in [5.41, 5.74) is 32.5. The Kier molecular flexibility index (Phi) is 17.6. The zero-order valence-electron chi connectivity index (χ0n) is 71.5. The van der Waals surface area contributed by atoms with E-state index in [0.717, 1.165) is 144 Å². The van der Waals surface area contributed by atoms with Crippen LogP contribution in [0.5, 0.6) is 0 Å². The fraction of sp³-hybridized carbons (Fsp3) is 0.0763. The standard InChI is InChI=1S/C41H28N2O.C40H26FN3O.C37H26N2O/c1-41(2)32-19-18-29(23-31(32)38-33(41)20-21-37-39(38)30-14-8-9-15-36(30)44-37)40-42-34(26-11-4-3-5-12-26)24-35(43-40)28-17-16-25-10-6-7-13-27(25)22-28;1-40(2)31-20-21-34-36(30-11-5-6-13-33(30)45-34)35(31)29-19-16-25(22-32(29)40)38-42-37(24-14-17-26(41)18-15-24)43-39(44-38)28-12-7-9-23-8-3-4-10-27(23)28;1-37(2)28-19-20-33-35(27-15-9-10-16-32(27)40-33)34(28)26-18-17-25(21-29(26)37)36-38-30(23-11-5-3-6-12-23)22-31(39-36)24-13-7-4-8-14-24/h3-24H,1-2H3;3-22H,1-2H3;3-22H,1-2H3. The van der Waals surface area contributed by atoms with Crippen LogP contribution in [0, 0.1) is 5.82 Å². The number of aromatic nitrogens is 7. The normalized spacial score (nSPS) is 13.4. The Hall–Kier alpha value is -16.2. The molecular weight excluding hydrogens is 1580 g/mol. The molecule has 11 heteroatoms. The highest BCUT2D eigenvalue weighted by Gasteiger charge is 2.42. The molecule has 6 aromatic heterocycles. The van der Waals surface area contributed by atoms with Gasteiger partial charge < -0.3 is 13.3 Å². The summed E-state index contributed by atoms with van der Waals surface area (Å²) in [6.45, 7) is 13.8. The van der Waals surface area contributed by atoms with E-state index < -0.39 is 0 Å². The topological polar surface area (TPSA) is 130 Å². The molecule has 0 saturated carbocycles. The van der Waals surface area contributed by atoms with Gasteiger partial charge in [0, 0.05) is 98.6 Å². The number of halogens is 1. The Labute approximate surface area is 743 Å². The Morgan fingerprint density at radius 1 is 0.202 bits per heavy atom. The van der Waals surface area contributed by atoms with Crippen molar-refractivity contribution in [2.45, 2.75) is 57.8 Å². The van der Waals surface area contributed by atoms with E-state index in [4.69, 9.17) is 48.1 Å². The average Bonchev–Trinajstić information content (AvgIpc) is 1.56. The van der Waals surface area contributed by atoms with Crippen LogP contribution in [0.15, 0.2) is 389 Å². The van der Waals surface area contributed by atoms with Gasteiger partial charge >= 0.3 is 0 Å². The van der Waals surface area contributed by atoms with Gasteiger partial charge in [-0.25, -0.2) is 39.3 Å². The zero-order valence-corrected chi connectivity index (χ0v) is 71.5. The van der Waals surface area contributed by atoms with Crippen molar-refractivity contribution >= 4 is 87.4 Å². The molecule has 612 valence electrons. The first-order chi connectivity index (χ1) is 63.1. The first-order valence-corrected chi connectivity index (χ1v) is 43.8. The second kappa shape index (κ2) is 29.7. The largest absolute Gasteiger partial charge is 0.456 e. The first kappa shape index (κ1) is 76.4.